The van der Waals surface area contributed by atoms with Crippen molar-refractivity contribution in [1.82, 2.24) is 14.8 Å². The number of rotatable bonds is 5. The van der Waals surface area contributed by atoms with E-state index < -0.39 is 0 Å². The summed E-state index contributed by atoms with van der Waals surface area (Å²) in [5.74, 6) is 0.176. The van der Waals surface area contributed by atoms with Gasteiger partial charge in [-0.15, -0.1) is 0 Å². The van der Waals surface area contributed by atoms with E-state index in [9.17, 15) is 4.79 Å². The quantitative estimate of drug-likeness (QED) is 0.808. The number of carbonyl (C=O) groups excluding carboxylic acids is 1. The molecule has 2 fully saturated rings. The molecule has 1 amide bonds. The van der Waals surface area contributed by atoms with E-state index in [2.05, 4.69) is 4.98 Å². The molecule has 1 spiro atoms. The number of nitrogens with zero attached hydrogens (tertiary/aromatic N) is 3. The zero-order valence-corrected chi connectivity index (χ0v) is 13.9. The van der Waals surface area contributed by atoms with Crippen molar-refractivity contribution in [2.24, 2.45) is 0 Å². The van der Waals surface area contributed by atoms with Crippen molar-refractivity contribution in [2.75, 3.05) is 40.3 Å². The lowest BCUT2D eigenvalue weighted by Crippen LogP contribution is -2.39. The Kier molecular flexibility index (Phi) is 4.94. The number of ether oxygens (including phenoxy) is 2. The van der Waals surface area contributed by atoms with Crippen LogP contribution in [0.5, 0.6) is 0 Å². The van der Waals surface area contributed by atoms with Gasteiger partial charge >= 0.3 is 0 Å². The molecule has 6 nitrogen and oxygen atoms in total. The van der Waals surface area contributed by atoms with Gasteiger partial charge in [-0.2, -0.15) is 0 Å². The molecule has 0 radical (unpaired) electrons. The van der Waals surface area contributed by atoms with Gasteiger partial charge in [0.05, 0.1) is 31.5 Å². The molecule has 6 heteroatoms. The van der Waals surface area contributed by atoms with Crippen LogP contribution in [-0.4, -0.2) is 72.7 Å². The van der Waals surface area contributed by atoms with Crippen molar-refractivity contribution < 1.29 is 14.3 Å². The third kappa shape index (κ3) is 4.07. The summed E-state index contributed by atoms with van der Waals surface area (Å²) >= 11 is 0. The number of carbonyl (C=O) groups is 1. The van der Waals surface area contributed by atoms with E-state index >= 15 is 0 Å². The summed E-state index contributed by atoms with van der Waals surface area (Å²) in [5, 5.41) is 0. The highest BCUT2D eigenvalue weighted by Crippen LogP contribution is 2.36. The minimum atomic E-state index is -0.207. The average molecular weight is 319 g/mol. The molecule has 23 heavy (non-hydrogen) atoms. The van der Waals surface area contributed by atoms with Crippen molar-refractivity contribution in [3.8, 4) is 0 Å². The van der Waals surface area contributed by atoms with Gasteiger partial charge in [0.25, 0.3) is 0 Å². The molecule has 3 heterocycles. The van der Waals surface area contributed by atoms with Crippen LogP contribution in [0.4, 0.5) is 0 Å². The molecular weight excluding hydrogens is 294 g/mol. The third-order valence-corrected chi connectivity index (χ3v) is 4.50. The maximum absolute atomic E-state index is 12.2. The van der Waals surface area contributed by atoms with Gasteiger partial charge in [-0.1, -0.05) is 6.07 Å². The second-order valence-corrected chi connectivity index (χ2v) is 6.80. The van der Waals surface area contributed by atoms with Crippen LogP contribution in [0, 0.1) is 0 Å². The molecule has 0 aromatic carbocycles. The summed E-state index contributed by atoms with van der Waals surface area (Å²) in [5.41, 5.74) is 0.865. The van der Waals surface area contributed by atoms with Gasteiger partial charge < -0.3 is 19.3 Å². The lowest BCUT2D eigenvalue weighted by atomic mass is 9.98. The molecule has 2 aliphatic heterocycles. The van der Waals surface area contributed by atoms with E-state index in [0.29, 0.717) is 26.3 Å². The zero-order chi connectivity index (χ0) is 16.3. The molecule has 1 aromatic heterocycles. The van der Waals surface area contributed by atoms with Gasteiger partial charge in [0, 0.05) is 31.9 Å². The summed E-state index contributed by atoms with van der Waals surface area (Å²) in [6, 6.07) is 3.92. The van der Waals surface area contributed by atoms with Crippen LogP contribution in [0.3, 0.4) is 0 Å². The Hall–Kier alpha value is -1.50. The molecule has 1 aromatic rings. The van der Waals surface area contributed by atoms with E-state index in [1.165, 1.54) is 0 Å². The fraction of sp³-hybridized carbons (Fsp3) is 0.647. The molecule has 0 bridgehead atoms. The highest BCUT2D eigenvalue weighted by atomic mass is 16.6. The van der Waals surface area contributed by atoms with Crippen molar-refractivity contribution in [3.63, 3.8) is 0 Å². The minimum absolute atomic E-state index is 0.0964. The van der Waals surface area contributed by atoms with Gasteiger partial charge in [-0.3, -0.25) is 9.78 Å². The Morgan fingerprint density at radius 3 is 3.17 bits per heavy atom. The molecule has 0 aliphatic carbocycles. The van der Waals surface area contributed by atoms with E-state index in [-0.39, 0.29) is 17.6 Å². The minimum Gasteiger partial charge on any atom is -0.371 e. The lowest BCUT2D eigenvalue weighted by molar-refractivity contribution is -0.131. The maximum Gasteiger partial charge on any atom is 0.236 e. The first-order chi connectivity index (χ1) is 11.1. The second-order valence-electron chi connectivity index (χ2n) is 6.80. The SMILES string of the molecule is CN(C)CC(=O)N1CC[C@]2(C[C@@H](OCc3cccnc3)CO2)C1. The molecule has 2 saturated heterocycles. The molecule has 0 unspecified atom stereocenters. The van der Waals surface area contributed by atoms with Gasteiger partial charge in [-0.25, -0.2) is 0 Å². The van der Waals surface area contributed by atoms with Crippen molar-refractivity contribution in [2.45, 2.75) is 31.2 Å². The van der Waals surface area contributed by atoms with Crippen molar-refractivity contribution >= 4 is 5.91 Å². The lowest BCUT2D eigenvalue weighted by Gasteiger charge is -2.24. The molecular formula is C17H25N3O3. The van der Waals surface area contributed by atoms with Crippen molar-refractivity contribution in [3.05, 3.63) is 30.1 Å². The largest absolute Gasteiger partial charge is 0.371 e. The predicted molar refractivity (Wildman–Crippen MR) is 85.9 cm³/mol. The predicted octanol–water partition coefficient (Wildman–Crippen LogP) is 0.920. The topological polar surface area (TPSA) is 54.9 Å². The smallest absolute Gasteiger partial charge is 0.236 e. The summed E-state index contributed by atoms with van der Waals surface area (Å²) in [4.78, 5) is 20.1. The standard InChI is InChI=1S/C17H25N3O3/c1-19(2)10-16(21)20-7-5-17(13-20)8-15(12-23-17)22-11-14-4-3-6-18-9-14/h3-4,6,9,15H,5,7-8,10-13H2,1-2H3/t15-,17+/m1/s1. The van der Waals surface area contributed by atoms with Crippen LogP contribution in [0.25, 0.3) is 0 Å². The Morgan fingerprint density at radius 2 is 2.43 bits per heavy atom. The average Bonchev–Trinajstić information content (AvgIpc) is 3.13. The van der Waals surface area contributed by atoms with Crippen LogP contribution < -0.4 is 0 Å². The van der Waals surface area contributed by atoms with E-state index in [1.807, 2.05) is 42.2 Å². The monoisotopic (exact) mass is 319 g/mol. The first-order valence-corrected chi connectivity index (χ1v) is 8.13. The van der Waals surface area contributed by atoms with Crippen LogP contribution >= 0.6 is 0 Å². The summed E-state index contributed by atoms with van der Waals surface area (Å²) in [6.45, 7) is 3.09. The van der Waals surface area contributed by atoms with E-state index in [4.69, 9.17) is 9.47 Å². The fourth-order valence-corrected chi connectivity index (χ4v) is 3.32. The fourth-order valence-electron chi connectivity index (χ4n) is 3.32. The molecule has 3 rings (SSSR count). The van der Waals surface area contributed by atoms with E-state index in [0.717, 1.165) is 24.9 Å². The van der Waals surface area contributed by atoms with Gasteiger partial charge in [0.2, 0.25) is 5.91 Å². The van der Waals surface area contributed by atoms with Gasteiger partial charge in [0.1, 0.15) is 0 Å². The summed E-state index contributed by atoms with van der Waals surface area (Å²) in [7, 11) is 3.83. The summed E-state index contributed by atoms with van der Waals surface area (Å²) in [6.07, 6.45) is 5.44. The molecule has 0 saturated carbocycles. The number of hydrogen-bond acceptors (Lipinski definition) is 5. The first kappa shape index (κ1) is 16.4. The maximum atomic E-state index is 12.2. The first-order valence-electron chi connectivity index (χ1n) is 8.13. The second kappa shape index (κ2) is 6.95. The van der Waals surface area contributed by atoms with Crippen LogP contribution in [0.15, 0.2) is 24.5 Å². The summed E-state index contributed by atoms with van der Waals surface area (Å²) < 4.78 is 12.0. The zero-order valence-electron chi connectivity index (χ0n) is 13.9. The molecule has 0 N–H and O–H groups in total. The number of hydrogen-bond donors (Lipinski definition) is 0. The molecule has 126 valence electrons. The van der Waals surface area contributed by atoms with Crippen molar-refractivity contribution in [1.29, 1.82) is 0 Å². The van der Waals surface area contributed by atoms with E-state index in [1.54, 1.807) is 6.20 Å². The highest BCUT2D eigenvalue weighted by Gasteiger charge is 2.47. The number of amides is 1. The Morgan fingerprint density at radius 1 is 1.57 bits per heavy atom. The Balaban J connectivity index is 1.48. The van der Waals surface area contributed by atoms with Crippen LogP contribution in [0.2, 0.25) is 0 Å². The Bertz CT molecular complexity index is 537. The molecule has 2 atom stereocenters. The number of likely N-dealkylation sites (N-methyl/N-ethyl adjacent to an activating group) is 1. The van der Waals surface area contributed by atoms with Crippen LogP contribution in [0.1, 0.15) is 18.4 Å². The van der Waals surface area contributed by atoms with Gasteiger partial charge in [-0.05, 0) is 32.1 Å². The van der Waals surface area contributed by atoms with Gasteiger partial charge in [0.15, 0.2) is 0 Å². The van der Waals surface area contributed by atoms with Crippen LogP contribution in [-0.2, 0) is 20.9 Å². The number of pyridine rings is 1. The molecule has 2 aliphatic rings. The normalized spacial score (nSPS) is 27.3. The number of aromatic nitrogens is 1. The number of likely N-dealkylation sites (tertiary alicyclic amines) is 1. The Labute approximate surface area is 137 Å². The highest BCUT2D eigenvalue weighted by molar-refractivity contribution is 5.78. The third-order valence-electron chi connectivity index (χ3n) is 4.50.